The Labute approximate surface area is 112 Å². The van der Waals surface area contributed by atoms with Crippen molar-refractivity contribution in [1.82, 2.24) is 9.55 Å². The van der Waals surface area contributed by atoms with Crippen LogP contribution in [0.2, 0.25) is 0 Å². The van der Waals surface area contributed by atoms with Gasteiger partial charge in [0.15, 0.2) is 5.78 Å². The molecular weight excluding hydrogens is 240 g/mol. The van der Waals surface area contributed by atoms with Crippen LogP contribution in [0.5, 0.6) is 5.75 Å². The number of nitrogens with zero attached hydrogens (tertiary/aromatic N) is 2. The fourth-order valence-corrected chi connectivity index (χ4v) is 2.47. The molecule has 19 heavy (non-hydrogen) atoms. The zero-order valence-electron chi connectivity index (χ0n) is 11.1. The number of aryl methyl sites for hydroxylation is 2. The van der Waals surface area contributed by atoms with Crippen molar-refractivity contribution in [3.05, 3.63) is 47.5 Å². The highest BCUT2D eigenvalue weighted by Gasteiger charge is 2.29. The molecule has 4 heteroatoms. The van der Waals surface area contributed by atoms with Gasteiger partial charge in [0, 0.05) is 6.54 Å². The van der Waals surface area contributed by atoms with Gasteiger partial charge in [0.1, 0.15) is 11.9 Å². The molecule has 1 aromatic heterocycles. The second-order valence-corrected chi connectivity index (χ2v) is 4.84. The summed E-state index contributed by atoms with van der Waals surface area (Å²) in [5.74, 6) is 0.814. The van der Waals surface area contributed by atoms with Gasteiger partial charge in [0.05, 0.1) is 30.2 Å². The number of ether oxygens (including phenoxy) is 1. The molecule has 0 saturated carbocycles. The van der Waals surface area contributed by atoms with Gasteiger partial charge in [-0.05, 0) is 26.0 Å². The van der Waals surface area contributed by atoms with Gasteiger partial charge in [0.25, 0.3) is 0 Å². The van der Waals surface area contributed by atoms with Crippen LogP contribution in [0.25, 0.3) is 0 Å². The van der Waals surface area contributed by atoms with E-state index in [9.17, 15) is 4.79 Å². The van der Waals surface area contributed by atoms with E-state index in [1.165, 1.54) is 0 Å². The molecule has 0 radical (unpaired) electrons. The third kappa shape index (κ3) is 2.03. The molecule has 98 valence electrons. The summed E-state index contributed by atoms with van der Waals surface area (Å²) < 4.78 is 7.97. The lowest BCUT2D eigenvalue weighted by molar-refractivity contribution is 0.0840. The van der Waals surface area contributed by atoms with Crippen molar-refractivity contribution in [3.63, 3.8) is 0 Å². The number of hydrogen-bond donors (Lipinski definition) is 0. The second-order valence-electron chi connectivity index (χ2n) is 4.84. The number of benzene rings is 1. The monoisotopic (exact) mass is 256 g/mol. The third-order valence-electron chi connectivity index (χ3n) is 3.49. The van der Waals surface area contributed by atoms with E-state index in [0.717, 1.165) is 17.8 Å². The molecule has 3 rings (SSSR count). The average Bonchev–Trinajstić information content (AvgIpc) is 2.87. The predicted molar refractivity (Wildman–Crippen MR) is 71.4 cm³/mol. The molecule has 0 fully saturated rings. The van der Waals surface area contributed by atoms with Crippen LogP contribution >= 0.6 is 0 Å². The summed E-state index contributed by atoms with van der Waals surface area (Å²) in [6, 6.07) is 5.73. The van der Waals surface area contributed by atoms with Crippen LogP contribution < -0.4 is 4.74 Å². The molecule has 0 saturated heterocycles. The summed E-state index contributed by atoms with van der Waals surface area (Å²) in [5.41, 5.74) is 2.73. The van der Waals surface area contributed by atoms with E-state index in [1.807, 2.05) is 36.6 Å². The number of carbonyl (C=O) groups is 1. The molecule has 1 atom stereocenters. The first kappa shape index (κ1) is 12.0. The van der Waals surface area contributed by atoms with Crippen LogP contribution in [0.3, 0.4) is 0 Å². The zero-order valence-corrected chi connectivity index (χ0v) is 11.1. The van der Waals surface area contributed by atoms with E-state index >= 15 is 0 Å². The molecule has 0 amide bonds. The summed E-state index contributed by atoms with van der Waals surface area (Å²) in [5, 5.41) is 0. The highest BCUT2D eigenvalue weighted by molar-refractivity contribution is 6.00. The van der Waals surface area contributed by atoms with Gasteiger partial charge < -0.3 is 9.30 Å². The molecule has 4 nitrogen and oxygen atoms in total. The quantitative estimate of drug-likeness (QED) is 0.829. The molecule has 1 unspecified atom stereocenters. The van der Waals surface area contributed by atoms with Crippen LogP contribution in [-0.4, -0.2) is 15.3 Å². The first-order valence-corrected chi connectivity index (χ1v) is 6.49. The first-order valence-electron chi connectivity index (χ1n) is 6.49. The highest BCUT2D eigenvalue weighted by Crippen LogP contribution is 2.35. The average molecular weight is 256 g/mol. The van der Waals surface area contributed by atoms with Crippen molar-refractivity contribution in [1.29, 1.82) is 0 Å². The van der Waals surface area contributed by atoms with Gasteiger partial charge in [-0.15, -0.1) is 0 Å². The number of fused-ring (bicyclic) bond motifs is 1. The molecule has 2 heterocycles. The maximum Gasteiger partial charge on any atom is 0.170 e. The molecule has 0 aliphatic carbocycles. The first-order chi connectivity index (χ1) is 9.19. The Kier molecular flexibility index (Phi) is 2.85. The van der Waals surface area contributed by atoms with E-state index in [0.29, 0.717) is 17.7 Å². The van der Waals surface area contributed by atoms with Crippen molar-refractivity contribution >= 4 is 5.78 Å². The lowest BCUT2D eigenvalue weighted by atomic mass is 9.98. The summed E-state index contributed by atoms with van der Waals surface area (Å²) in [6.45, 7) is 4.85. The van der Waals surface area contributed by atoms with Crippen molar-refractivity contribution < 1.29 is 9.53 Å². The topological polar surface area (TPSA) is 44.1 Å². The minimum absolute atomic E-state index is 0.138. The summed E-state index contributed by atoms with van der Waals surface area (Å²) in [4.78, 5) is 16.4. The van der Waals surface area contributed by atoms with E-state index in [-0.39, 0.29) is 11.9 Å². The number of hydrogen-bond acceptors (Lipinski definition) is 3. The van der Waals surface area contributed by atoms with Crippen molar-refractivity contribution in [3.8, 4) is 5.75 Å². The fraction of sp³-hybridized carbons (Fsp3) is 0.333. The molecule has 0 N–H and O–H groups in total. The number of imidazole rings is 1. The van der Waals surface area contributed by atoms with Gasteiger partial charge in [-0.1, -0.05) is 11.6 Å². The SMILES string of the molecule is CCn1cncc1C1CC(=O)c2cc(C)ccc2O1. The number of Topliss-reactive ketones (excluding diaryl/α,β-unsaturated/α-hetero) is 1. The lowest BCUT2D eigenvalue weighted by Crippen LogP contribution is -2.22. The molecule has 1 aliphatic heterocycles. The maximum absolute atomic E-state index is 12.2. The maximum atomic E-state index is 12.2. The number of ketones is 1. The van der Waals surface area contributed by atoms with Gasteiger partial charge >= 0.3 is 0 Å². The zero-order chi connectivity index (χ0) is 13.4. The third-order valence-corrected chi connectivity index (χ3v) is 3.49. The van der Waals surface area contributed by atoms with E-state index in [1.54, 1.807) is 12.5 Å². The van der Waals surface area contributed by atoms with Crippen LogP contribution in [0.4, 0.5) is 0 Å². The van der Waals surface area contributed by atoms with Crippen LogP contribution in [-0.2, 0) is 6.54 Å². The molecule has 0 spiro atoms. The normalized spacial score (nSPS) is 18.0. The van der Waals surface area contributed by atoms with Gasteiger partial charge in [0.2, 0.25) is 0 Å². The van der Waals surface area contributed by atoms with E-state index in [4.69, 9.17) is 4.74 Å². The van der Waals surface area contributed by atoms with Crippen LogP contribution in [0.15, 0.2) is 30.7 Å². The predicted octanol–water partition coefficient (Wildman–Crippen LogP) is 2.92. The standard InChI is InChI=1S/C15H16N2O2/c1-3-17-9-16-8-12(17)15-7-13(18)11-6-10(2)4-5-14(11)19-15/h4-6,8-9,15H,3,7H2,1-2H3. The van der Waals surface area contributed by atoms with Crippen LogP contribution in [0.1, 0.15) is 41.1 Å². The van der Waals surface area contributed by atoms with Gasteiger partial charge in [-0.25, -0.2) is 4.98 Å². The Morgan fingerprint density at radius 2 is 2.32 bits per heavy atom. The van der Waals surface area contributed by atoms with Gasteiger partial charge in [-0.2, -0.15) is 0 Å². The molecule has 0 bridgehead atoms. The molecule has 2 aromatic rings. The van der Waals surface area contributed by atoms with Crippen molar-refractivity contribution in [2.75, 3.05) is 0 Å². The summed E-state index contributed by atoms with van der Waals surface area (Å²) in [7, 11) is 0. The smallest absolute Gasteiger partial charge is 0.170 e. The highest BCUT2D eigenvalue weighted by atomic mass is 16.5. The Morgan fingerprint density at radius 1 is 1.47 bits per heavy atom. The van der Waals surface area contributed by atoms with E-state index < -0.39 is 0 Å². The Bertz CT molecular complexity index is 631. The Balaban J connectivity index is 1.97. The number of rotatable bonds is 2. The molecular formula is C15H16N2O2. The largest absolute Gasteiger partial charge is 0.483 e. The minimum atomic E-state index is -0.231. The van der Waals surface area contributed by atoms with Crippen LogP contribution in [0, 0.1) is 6.92 Å². The summed E-state index contributed by atoms with van der Waals surface area (Å²) >= 11 is 0. The minimum Gasteiger partial charge on any atom is -0.483 e. The summed E-state index contributed by atoms with van der Waals surface area (Å²) in [6.07, 6.45) is 3.70. The molecule has 1 aliphatic rings. The van der Waals surface area contributed by atoms with Crippen molar-refractivity contribution in [2.24, 2.45) is 0 Å². The lowest BCUT2D eigenvalue weighted by Gasteiger charge is -2.26. The van der Waals surface area contributed by atoms with E-state index in [2.05, 4.69) is 4.98 Å². The van der Waals surface area contributed by atoms with Gasteiger partial charge in [-0.3, -0.25) is 4.79 Å². The van der Waals surface area contributed by atoms with Crippen molar-refractivity contribution in [2.45, 2.75) is 32.9 Å². The Morgan fingerprint density at radius 3 is 3.11 bits per heavy atom. The molecule has 1 aromatic carbocycles. The Hall–Kier alpha value is -2.10. The second kappa shape index (κ2) is 4.53. The number of carbonyl (C=O) groups excluding carboxylic acids is 1. The number of aromatic nitrogens is 2. The fourth-order valence-electron chi connectivity index (χ4n) is 2.47.